The molecule has 1 aromatic carbocycles. The lowest BCUT2D eigenvalue weighted by Gasteiger charge is -2.33. The van der Waals surface area contributed by atoms with Gasteiger partial charge >= 0.3 is 0 Å². The number of nitrogens with zero attached hydrogens (tertiary/aromatic N) is 2. The first-order valence-electron chi connectivity index (χ1n) is 7.91. The number of carbonyl (C=O) groups excluding carboxylic acids is 1. The zero-order valence-electron chi connectivity index (χ0n) is 14.1. The maximum absolute atomic E-state index is 12.8. The molecule has 0 radical (unpaired) electrons. The lowest BCUT2D eigenvalue weighted by Crippen LogP contribution is -2.50. The molecule has 0 atom stereocenters. The normalized spacial score (nSPS) is 16.0. The predicted octanol–water partition coefficient (Wildman–Crippen LogP) is 1.74. The molecule has 0 N–H and O–H groups in total. The minimum absolute atomic E-state index is 0.220. The van der Waals surface area contributed by atoms with Crippen LogP contribution in [0.3, 0.4) is 0 Å². The van der Waals surface area contributed by atoms with Crippen LogP contribution >= 0.6 is 0 Å². The molecule has 0 bridgehead atoms. The Balaban J connectivity index is 1.71. The van der Waals surface area contributed by atoms with Crippen molar-refractivity contribution < 1.29 is 22.4 Å². The van der Waals surface area contributed by atoms with Gasteiger partial charge < -0.3 is 14.1 Å². The smallest absolute Gasteiger partial charge is 0.289 e. The van der Waals surface area contributed by atoms with E-state index in [9.17, 15) is 13.2 Å². The zero-order chi connectivity index (χ0) is 18.0. The van der Waals surface area contributed by atoms with Crippen LogP contribution in [0.2, 0.25) is 0 Å². The highest BCUT2D eigenvalue weighted by atomic mass is 32.2. The highest BCUT2D eigenvalue weighted by Crippen LogP contribution is 2.24. The minimum atomic E-state index is -3.60. The first-order chi connectivity index (χ1) is 11.9. The van der Waals surface area contributed by atoms with Crippen molar-refractivity contribution in [2.45, 2.75) is 11.8 Å². The van der Waals surface area contributed by atoms with Crippen LogP contribution in [0.5, 0.6) is 5.75 Å². The number of hydrogen-bond donors (Lipinski definition) is 0. The number of piperazine rings is 1. The minimum Gasteiger partial charge on any atom is -0.496 e. The summed E-state index contributed by atoms with van der Waals surface area (Å²) in [5, 5.41) is 0. The summed E-state index contributed by atoms with van der Waals surface area (Å²) in [5.74, 6) is 0.692. The van der Waals surface area contributed by atoms with Gasteiger partial charge in [-0.25, -0.2) is 8.42 Å². The third-order valence-corrected chi connectivity index (χ3v) is 6.16. The summed E-state index contributed by atoms with van der Waals surface area (Å²) in [6, 6.07) is 8.06. The molecule has 1 aliphatic rings. The summed E-state index contributed by atoms with van der Waals surface area (Å²) in [5.41, 5.74) is 0.759. The first kappa shape index (κ1) is 17.5. The number of sulfonamides is 1. The number of aryl methyl sites for hydroxylation is 1. The molecular weight excluding hydrogens is 344 g/mol. The van der Waals surface area contributed by atoms with Crippen molar-refractivity contribution in [2.24, 2.45) is 0 Å². The van der Waals surface area contributed by atoms with Gasteiger partial charge in [-0.05, 0) is 42.8 Å². The molecule has 0 spiro atoms. The van der Waals surface area contributed by atoms with E-state index < -0.39 is 10.0 Å². The van der Waals surface area contributed by atoms with Gasteiger partial charge in [0.15, 0.2) is 5.76 Å². The van der Waals surface area contributed by atoms with E-state index in [1.165, 1.54) is 10.6 Å². The summed E-state index contributed by atoms with van der Waals surface area (Å²) in [6.45, 7) is 2.96. The molecule has 8 heteroatoms. The molecule has 1 amide bonds. The standard InChI is InChI=1S/C17H20N2O5S/c1-13-12-14(5-6-15(13)23-2)25(21,22)19-9-7-18(8-10-19)17(20)16-4-3-11-24-16/h3-6,11-12H,7-10H2,1-2H3. The highest BCUT2D eigenvalue weighted by molar-refractivity contribution is 7.89. The third-order valence-electron chi connectivity index (χ3n) is 4.26. The van der Waals surface area contributed by atoms with Gasteiger partial charge in [0, 0.05) is 26.2 Å². The molecule has 1 saturated heterocycles. The molecule has 0 unspecified atom stereocenters. The van der Waals surface area contributed by atoms with E-state index in [0.29, 0.717) is 18.8 Å². The van der Waals surface area contributed by atoms with Gasteiger partial charge in [-0.15, -0.1) is 0 Å². The van der Waals surface area contributed by atoms with E-state index in [4.69, 9.17) is 9.15 Å². The van der Waals surface area contributed by atoms with Crippen molar-refractivity contribution in [3.8, 4) is 5.75 Å². The molecule has 0 saturated carbocycles. The average Bonchev–Trinajstić information content (AvgIpc) is 3.15. The molecule has 1 aromatic heterocycles. The maximum Gasteiger partial charge on any atom is 0.289 e. The number of amides is 1. The summed E-state index contributed by atoms with van der Waals surface area (Å²) >= 11 is 0. The first-order valence-corrected chi connectivity index (χ1v) is 9.35. The van der Waals surface area contributed by atoms with Crippen molar-refractivity contribution >= 4 is 15.9 Å². The van der Waals surface area contributed by atoms with Gasteiger partial charge in [0.25, 0.3) is 5.91 Å². The SMILES string of the molecule is COc1ccc(S(=O)(=O)N2CCN(C(=O)c3ccco3)CC2)cc1C. The number of methoxy groups -OCH3 is 1. The van der Waals surface area contributed by atoms with Crippen LogP contribution in [0, 0.1) is 6.92 Å². The van der Waals surface area contributed by atoms with Crippen LogP contribution in [0.1, 0.15) is 16.1 Å². The van der Waals surface area contributed by atoms with Crippen LogP contribution in [-0.2, 0) is 10.0 Å². The Labute approximate surface area is 146 Å². The topological polar surface area (TPSA) is 80.1 Å². The number of ether oxygens (including phenoxy) is 1. The number of carbonyl (C=O) groups is 1. The van der Waals surface area contributed by atoms with E-state index in [-0.39, 0.29) is 29.7 Å². The molecule has 1 aliphatic heterocycles. The van der Waals surface area contributed by atoms with Crippen LogP contribution < -0.4 is 4.74 Å². The molecule has 1 fully saturated rings. The quantitative estimate of drug-likeness (QED) is 0.826. The Morgan fingerprint density at radius 3 is 2.44 bits per heavy atom. The van der Waals surface area contributed by atoms with Gasteiger partial charge in [-0.2, -0.15) is 4.31 Å². The van der Waals surface area contributed by atoms with Crippen LogP contribution in [0.15, 0.2) is 45.9 Å². The lowest BCUT2D eigenvalue weighted by molar-refractivity contribution is 0.0666. The van der Waals surface area contributed by atoms with Crippen LogP contribution in [-0.4, -0.2) is 56.8 Å². The lowest BCUT2D eigenvalue weighted by atomic mass is 10.2. The van der Waals surface area contributed by atoms with Crippen molar-refractivity contribution in [1.29, 1.82) is 0 Å². The highest BCUT2D eigenvalue weighted by Gasteiger charge is 2.31. The van der Waals surface area contributed by atoms with E-state index in [0.717, 1.165) is 5.56 Å². The van der Waals surface area contributed by atoms with Crippen molar-refractivity contribution in [3.63, 3.8) is 0 Å². The Morgan fingerprint density at radius 1 is 1.16 bits per heavy atom. The Kier molecular flexibility index (Phi) is 4.82. The summed E-state index contributed by atoms with van der Waals surface area (Å²) in [4.78, 5) is 14.1. The zero-order valence-corrected chi connectivity index (χ0v) is 15.0. The summed E-state index contributed by atoms with van der Waals surface area (Å²) < 4.78 is 37.3. The van der Waals surface area contributed by atoms with Crippen LogP contribution in [0.4, 0.5) is 0 Å². The Morgan fingerprint density at radius 2 is 1.88 bits per heavy atom. The predicted molar refractivity (Wildman–Crippen MR) is 91.1 cm³/mol. The second-order valence-electron chi connectivity index (χ2n) is 5.81. The number of hydrogen-bond acceptors (Lipinski definition) is 5. The fourth-order valence-corrected chi connectivity index (χ4v) is 4.36. The molecule has 3 rings (SSSR count). The maximum atomic E-state index is 12.8. The number of rotatable bonds is 4. The number of benzene rings is 1. The Bertz CT molecular complexity index is 853. The molecule has 134 valence electrons. The van der Waals surface area contributed by atoms with E-state index in [1.807, 2.05) is 0 Å². The average molecular weight is 364 g/mol. The Hall–Kier alpha value is -2.32. The van der Waals surface area contributed by atoms with Gasteiger partial charge in [0.05, 0.1) is 18.3 Å². The van der Waals surface area contributed by atoms with E-state index in [1.54, 1.807) is 49.3 Å². The third kappa shape index (κ3) is 3.40. The fraction of sp³-hybridized carbons (Fsp3) is 0.353. The molecule has 0 aliphatic carbocycles. The number of furan rings is 1. The van der Waals surface area contributed by atoms with Crippen LogP contribution in [0.25, 0.3) is 0 Å². The van der Waals surface area contributed by atoms with Gasteiger partial charge in [0.2, 0.25) is 10.0 Å². The van der Waals surface area contributed by atoms with Crippen molar-refractivity contribution in [3.05, 3.63) is 47.9 Å². The van der Waals surface area contributed by atoms with E-state index >= 15 is 0 Å². The largest absolute Gasteiger partial charge is 0.496 e. The fourth-order valence-electron chi connectivity index (χ4n) is 2.85. The van der Waals surface area contributed by atoms with Crippen molar-refractivity contribution in [2.75, 3.05) is 33.3 Å². The monoisotopic (exact) mass is 364 g/mol. The molecule has 7 nitrogen and oxygen atoms in total. The van der Waals surface area contributed by atoms with Crippen molar-refractivity contribution in [1.82, 2.24) is 9.21 Å². The van der Waals surface area contributed by atoms with Gasteiger partial charge in [-0.1, -0.05) is 0 Å². The molecule has 2 heterocycles. The summed E-state index contributed by atoms with van der Waals surface area (Å²) in [6.07, 6.45) is 1.44. The molecular formula is C17H20N2O5S. The summed E-state index contributed by atoms with van der Waals surface area (Å²) in [7, 11) is -2.05. The second-order valence-corrected chi connectivity index (χ2v) is 7.74. The van der Waals surface area contributed by atoms with Gasteiger partial charge in [0.1, 0.15) is 5.75 Å². The molecule has 25 heavy (non-hydrogen) atoms. The van der Waals surface area contributed by atoms with Gasteiger partial charge in [-0.3, -0.25) is 4.79 Å². The molecule has 2 aromatic rings. The van der Waals surface area contributed by atoms with E-state index in [2.05, 4.69) is 0 Å². The second kappa shape index (κ2) is 6.89.